The lowest BCUT2D eigenvalue weighted by Gasteiger charge is -2.22. The van der Waals surface area contributed by atoms with Crippen molar-refractivity contribution in [2.45, 2.75) is 44.7 Å². The lowest BCUT2D eigenvalue weighted by Crippen LogP contribution is -2.26. The van der Waals surface area contributed by atoms with Crippen LogP contribution < -0.4 is 10.6 Å². The fraction of sp³-hybridized carbons (Fsp3) is 0.379. The maximum atomic E-state index is 13.6. The molecular formula is C29H33FN4O2. The van der Waals surface area contributed by atoms with Gasteiger partial charge in [0.15, 0.2) is 0 Å². The van der Waals surface area contributed by atoms with Gasteiger partial charge in [-0.2, -0.15) is 5.10 Å². The highest BCUT2D eigenvalue weighted by Gasteiger charge is 2.20. The molecule has 2 saturated heterocycles. The Morgan fingerprint density at radius 1 is 1.03 bits per heavy atom. The number of nitrogens with zero attached hydrogens (tertiary/aromatic N) is 2. The van der Waals surface area contributed by atoms with Crippen molar-refractivity contribution in [3.63, 3.8) is 0 Å². The molecule has 6 nitrogen and oxygen atoms in total. The first kappa shape index (κ1) is 24.4. The average molecular weight is 489 g/mol. The van der Waals surface area contributed by atoms with Gasteiger partial charge in [0.25, 0.3) is 5.91 Å². The van der Waals surface area contributed by atoms with E-state index < -0.39 is 0 Å². The summed E-state index contributed by atoms with van der Waals surface area (Å²) in [5.41, 5.74) is 6.30. The summed E-state index contributed by atoms with van der Waals surface area (Å²) in [5, 5.41) is 10.9. The van der Waals surface area contributed by atoms with E-state index >= 15 is 0 Å². The number of amides is 1. The van der Waals surface area contributed by atoms with Crippen LogP contribution >= 0.6 is 0 Å². The number of nitrogens with one attached hydrogen (secondary N) is 2. The molecule has 0 spiro atoms. The van der Waals surface area contributed by atoms with Crippen molar-refractivity contribution < 1.29 is 13.9 Å². The Kier molecular flexibility index (Phi) is 7.58. The first-order valence-electron chi connectivity index (χ1n) is 12.8. The van der Waals surface area contributed by atoms with E-state index in [9.17, 15) is 9.18 Å². The average Bonchev–Trinajstić information content (AvgIpc) is 3.42. The SMILES string of the molecule is C[C@@H](NC(=O)c1cnn(C2CCOCC2)c1)c1ccc(C(=C2CCNCC2)c2ccc(F)cc2)cc1. The summed E-state index contributed by atoms with van der Waals surface area (Å²) >= 11 is 0. The summed E-state index contributed by atoms with van der Waals surface area (Å²) in [6.45, 7) is 5.35. The third-order valence-corrected chi connectivity index (χ3v) is 7.17. The number of hydrogen-bond acceptors (Lipinski definition) is 4. The zero-order chi connectivity index (χ0) is 24.9. The highest BCUT2D eigenvalue weighted by Crippen LogP contribution is 2.32. The van der Waals surface area contributed by atoms with Gasteiger partial charge in [-0.3, -0.25) is 9.48 Å². The van der Waals surface area contributed by atoms with Gasteiger partial charge in [0.1, 0.15) is 5.82 Å². The smallest absolute Gasteiger partial charge is 0.254 e. The van der Waals surface area contributed by atoms with Crippen molar-refractivity contribution in [3.05, 3.63) is 94.6 Å². The monoisotopic (exact) mass is 488 g/mol. The molecule has 2 aliphatic heterocycles. The zero-order valence-electron chi connectivity index (χ0n) is 20.7. The number of rotatable bonds is 6. The maximum absolute atomic E-state index is 13.6. The number of benzene rings is 2. The molecule has 1 aromatic heterocycles. The van der Waals surface area contributed by atoms with Crippen molar-refractivity contribution in [2.24, 2.45) is 0 Å². The molecule has 0 unspecified atom stereocenters. The summed E-state index contributed by atoms with van der Waals surface area (Å²) in [6, 6.07) is 15.2. The number of hydrogen-bond donors (Lipinski definition) is 2. The maximum Gasteiger partial charge on any atom is 0.254 e. The van der Waals surface area contributed by atoms with Crippen LogP contribution in [0, 0.1) is 5.82 Å². The minimum Gasteiger partial charge on any atom is -0.381 e. The first-order chi connectivity index (χ1) is 17.6. The summed E-state index contributed by atoms with van der Waals surface area (Å²) in [5.74, 6) is -0.361. The quantitative estimate of drug-likeness (QED) is 0.510. The van der Waals surface area contributed by atoms with Gasteiger partial charge in [-0.05, 0) is 80.1 Å². The molecule has 5 rings (SSSR count). The van der Waals surface area contributed by atoms with Gasteiger partial charge in [0.05, 0.1) is 23.8 Å². The highest BCUT2D eigenvalue weighted by molar-refractivity contribution is 5.94. The van der Waals surface area contributed by atoms with Gasteiger partial charge >= 0.3 is 0 Å². The summed E-state index contributed by atoms with van der Waals surface area (Å²) in [7, 11) is 0. The predicted octanol–water partition coefficient (Wildman–Crippen LogP) is 5.05. The van der Waals surface area contributed by atoms with Crippen molar-refractivity contribution in [1.82, 2.24) is 20.4 Å². The summed E-state index contributed by atoms with van der Waals surface area (Å²) in [4.78, 5) is 12.9. The molecule has 0 aliphatic carbocycles. The molecule has 0 saturated carbocycles. The Balaban J connectivity index is 1.30. The lowest BCUT2D eigenvalue weighted by molar-refractivity contribution is 0.0662. The molecule has 3 aromatic rings. The molecule has 0 radical (unpaired) electrons. The summed E-state index contributed by atoms with van der Waals surface area (Å²) < 4.78 is 20.9. The third-order valence-electron chi connectivity index (χ3n) is 7.17. The van der Waals surface area contributed by atoms with Crippen molar-refractivity contribution in [2.75, 3.05) is 26.3 Å². The van der Waals surface area contributed by atoms with E-state index in [-0.39, 0.29) is 23.8 Å². The Morgan fingerprint density at radius 2 is 1.67 bits per heavy atom. The first-order valence-corrected chi connectivity index (χ1v) is 12.8. The van der Waals surface area contributed by atoms with Crippen LogP contribution in [0.25, 0.3) is 5.57 Å². The van der Waals surface area contributed by atoms with Gasteiger partial charge in [-0.1, -0.05) is 42.0 Å². The fourth-order valence-electron chi connectivity index (χ4n) is 5.08. The van der Waals surface area contributed by atoms with E-state index in [1.165, 1.54) is 23.3 Å². The van der Waals surface area contributed by atoms with Crippen LogP contribution in [-0.4, -0.2) is 42.0 Å². The van der Waals surface area contributed by atoms with E-state index in [0.717, 1.165) is 68.7 Å². The van der Waals surface area contributed by atoms with Gasteiger partial charge < -0.3 is 15.4 Å². The Hall–Kier alpha value is -3.29. The number of ether oxygens (including phenoxy) is 1. The summed E-state index contributed by atoms with van der Waals surface area (Å²) in [6.07, 6.45) is 7.25. The van der Waals surface area contributed by atoms with Crippen LogP contribution in [0.4, 0.5) is 4.39 Å². The van der Waals surface area contributed by atoms with E-state index in [4.69, 9.17) is 4.74 Å². The zero-order valence-corrected chi connectivity index (χ0v) is 20.7. The molecule has 1 atom stereocenters. The molecular weight excluding hydrogens is 455 g/mol. The standard InChI is InChI=1S/C29H33FN4O2/c1-20(33-29(35)25-18-32-34(19-25)27-12-16-36-17-13-27)21-2-4-22(5-3-21)28(24-10-14-31-15-11-24)23-6-8-26(30)9-7-23/h2-9,18-20,27,31H,10-17H2,1H3,(H,33,35)/t20-/m1/s1. The second-order valence-corrected chi connectivity index (χ2v) is 9.61. The van der Waals surface area contributed by atoms with E-state index in [1.54, 1.807) is 6.20 Å². The van der Waals surface area contributed by atoms with E-state index in [2.05, 4.69) is 40.0 Å². The van der Waals surface area contributed by atoms with Crippen LogP contribution in [0.3, 0.4) is 0 Å². The fourth-order valence-corrected chi connectivity index (χ4v) is 5.08. The van der Waals surface area contributed by atoms with Gasteiger partial charge in [-0.15, -0.1) is 0 Å². The minimum absolute atomic E-state index is 0.131. The molecule has 2 aliphatic rings. The second kappa shape index (κ2) is 11.2. The molecule has 2 aromatic carbocycles. The van der Waals surface area contributed by atoms with Crippen LogP contribution in [0.5, 0.6) is 0 Å². The predicted molar refractivity (Wildman–Crippen MR) is 138 cm³/mol. The third kappa shape index (κ3) is 5.58. The Labute approximate surface area is 211 Å². The van der Waals surface area contributed by atoms with Gasteiger partial charge in [-0.25, -0.2) is 4.39 Å². The van der Waals surface area contributed by atoms with Crippen LogP contribution in [0.1, 0.15) is 71.7 Å². The number of piperidine rings is 1. The van der Waals surface area contributed by atoms with E-state index in [0.29, 0.717) is 5.56 Å². The van der Waals surface area contributed by atoms with Crippen LogP contribution in [0.15, 0.2) is 66.5 Å². The van der Waals surface area contributed by atoms with Crippen molar-refractivity contribution >= 4 is 11.5 Å². The Morgan fingerprint density at radius 3 is 2.33 bits per heavy atom. The molecule has 7 heteroatoms. The molecule has 188 valence electrons. The number of carbonyl (C=O) groups is 1. The molecule has 0 bridgehead atoms. The lowest BCUT2D eigenvalue weighted by atomic mass is 9.88. The number of carbonyl (C=O) groups excluding carboxylic acids is 1. The topological polar surface area (TPSA) is 68.2 Å². The van der Waals surface area contributed by atoms with E-state index in [1.807, 2.05) is 29.9 Å². The normalized spacial score (nSPS) is 17.6. The van der Waals surface area contributed by atoms with Gasteiger partial charge in [0.2, 0.25) is 0 Å². The highest BCUT2D eigenvalue weighted by atomic mass is 19.1. The number of aromatic nitrogens is 2. The molecule has 2 N–H and O–H groups in total. The minimum atomic E-state index is -0.230. The van der Waals surface area contributed by atoms with Crippen molar-refractivity contribution in [3.8, 4) is 0 Å². The molecule has 2 fully saturated rings. The van der Waals surface area contributed by atoms with Crippen LogP contribution in [0.2, 0.25) is 0 Å². The van der Waals surface area contributed by atoms with Crippen molar-refractivity contribution in [1.29, 1.82) is 0 Å². The van der Waals surface area contributed by atoms with Crippen LogP contribution in [-0.2, 0) is 4.74 Å². The molecule has 1 amide bonds. The Bertz CT molecular complexity index is 1200. The van der Waals surface area contributed by atoms with Gasteiger partial charge in [0, 0.05) is 19.4 Å². The largest absolute Gasteiger partial charge is 0.381 e. The number of halogens is 1. The molecule has 3 heterocycles. The molecule has 36 heavy (non-hydrogen) atoms. The second-order valence-electron chi connectivity index (χ2n) is 9.61.